The number of aromatic nitrogens is 1. The van der Waals surface area contributed by atoms with Crippen molar-refractivity contribution < 1.29 is 14.6 Å². The van der Waals surface area contributed by atoms with E-state index in [-0.39, 0.29) is 34.7 Å². The Morgan fingerprint density at radius 3 is 2.87 bits per heavy atom. The van der Waals surface area contributed by atoms with Crippen LogP contribution in [0.1, 0.15) is 44.6 Å². The molecule has 1 aromatic heterocycles. The largest absolute Gasteiger partial charge is 0.506 e. The third-order valence-corrected chi connectivity index (χ3v) is 4.06. The highest BCUT2D eigenvalue weighted by molar-refractivity contribution is 6.31. The predicted octanol–water partition coefficient (Wildman–Crippen LogP) is 3.97. The Kier molecular flexibility index (Phi) is 6.59. The molecule has 0 bridgehead atoms. The lowest BCUT2D eigenvalue weighted by atomic mass is 9.96. The minimum Gasteiger partial charge on any atom is -0.506 e. The van der Waals surface area contributed by atoms with Gasteiger partial charge in [0.2, 0.25) is 0 Å². The van der Waals surface area contributed by atoms with Crippen molar-refractivity contribution in [2.24, 2.45) is 4.99 Å². The molecule has 1 aliphatic rings. The summed E-state index contributed by atoms with van der Waals surface area (Å²) in [6.45, 7) is 1.93. The molecule has 5 nitrogen and oxygen atoms in total. The summed E-state index contributed by atoms with van der Waals surface area (Å²) in [7, 11) is 0. The van der Waals surface area contributed by atoms with Crippen LogP contribution in [-0.2, 0) is 9.53 Å². The lowest BCUT2D eigenvalue weighted by molar-refractivity contribution is -0.137. The standard InChI is InChI=1S/C17H21ClN2O3/c1-2-23-17(22)14(11-20-12-7-4-3-5-8-12)15(21)13-9-6-10-19-16(13)18/h6,9-12,21H,2-5,7-8H2,1H3. The lowest BCUT2D eigenvalue weighted by Crippen LogP contribution is -2.14. The second-order valence-corrected chi connectivity index (χ2v) is 5.75. The summed E-state index contributed by atoms with van der Waals surface area (Å²) >= 11 is 5.99. The van der Waals surface area contributed by atoms with Crippen LogP contribution in [0.4, 0.5) is 0 Å². The summed E-state index contributed by atoms with van der Waals surface area (Å²) in [5.41, 5.74) is 0.291. The van der Waals surface area contributed by atoms with Crippen LogP contribution in [0.5, 0.6) is 0 Å². The Morgan fingerprint density at radius 2 is 2.22 bits per heavy atom. The van der Waals surface area contributed by atoms with Gasteiger partial charge in [0.05, 0.1) is 12.2 Å². The van der Waals surface area contributed by atoms with Crippen LogP contribution in [0.2, 0.25) is 5.15 Å². The van der Waals surface area contributed by atoms with Gasteiger partial charge in [0.25, 0.3) is 0 Å². The molecule has 1 aromatic rings. The summed E-state index contributed by atoms with van der Waals surface area (Å²) in [6, 6.07) is 3.42. The summed E-state index contributed by atoms with van der Waals surface area (Å²) in [5, 5.41) is 10.6. The average Bonchev–Trinajstić information content (AvgIpc) is 2.56. The van der Waals surface area contributed by atoms with E-state index in [1.54, 1.807) is 19.1 Å². The molecular weight excluding hydrogens is 316 g/mol. The third kappa shape index (κ3) is 4.79. The second kappa shape index (κ2) is 8.67. The zero-order valence-electron chi connectivity index (χ0n) is 13.2. The Bertz CT molecular complexity index is 608. The number of ether oxygens (including phenoxy) is 1. The van der Waals surface area contributed by atoms with Crippen LogP contribution in [-0.4, -0.2) is 34.9 Å². The zero-order chi connectivity index (χ0) is 16.7. The Hall–Kier alpha value is -1.88. The van der Waals surface area contributed by atoms with Crippen molar-refractivity contribution >= 4 is 29.5 Å². The quantitative estimate of drug-likeness (QED) is 0.290. The maximum absolute atomic E-state index is 12.1. The first-order valence-electron chi connectivity index (χ1n) is 7.88. The third-order valence-electron chi connectivity index (χ3n) is 3.75. The van der Waals surface area contributed by atoms with Crippen LogP contribution < -0.4 is 0 Å². The lowest BCUT2D eigenvalue weighted by Gasteiger charge is -2.17. The van der Waals surface area contributed by atoms with Gasteiger partial charge < -0.3 is 9.84 Å². The van der Waals surface area contributed by atoms with E-state index in [2.05, 4.69) is 9.98 Å². The fourth-order valence-corrected chi connectivity index (χ4v) is 2.75. The number of carbonyl (C=O) groups excluding carboxylic acids is 1. The topological polar surface area (TPSA) is 71.8 Å². The van der Waals surface area contributed by atoms with Crippen molar-refractivity contribution in [3.05, 3.63) is 34.6 Å². The smallest absolute Gasteiger partial charge is 0.343 e. The Morgan fingerprint density at radius 1 is 1.48 bits per heavy atom. The van der Waals surface area contributed by atoms with Crippen molar-refractivity contribution in [2.75, 3.05) is 6.61 Å². The Labute approximate surface area is 141 Å². The molecule has 0 aromatic carbocycles. The number of carbonyl (C=O) groups is 1. The molecule has 1 saturated carbocycles. The van der Waals surface area contributed by atoms with Gasteiger partial charge in [0.15, 0.2) is 0 Å². The highest BCUT2D eigenvalue weighted by atomic mass is 35.5. The Balaban J connectivity index is 2.32. The van der Waals surface area contributed by atoms with E-state index < -0.39 is 5.97 Å². The number of aliphatic imine (C=N–C) groups is 1. The molecule has 6 heteroatoms. The van der Waals surface area contributed by atoms with Crippen LogP contribution in [0, 0.1) is 0 Å². The fourth-order valence-electron chi connectivity index (χ4n) is 2.54. The van der Waals surface area contributed by atoms with Gasteiger partial charge in [-0.15, -0.1) is 0 Å². The maximum Gasteiger partial charge on any atom is 0.343 e. The van der Waals surface area contributed by atoms with Crippen LogP contribution in [0.25, 0.3) is 5.76 Å². The summed E-state index contributed by atoms with van der Waals surface area (Å²) in [5.74, 6) is -0.884. The fraction of sp³-hybridized carbons (Fsp3) is 0.471. The number of halogens is 1. The van der Waals surface area contributed by atoms with Gasteiger partial charge in [0.1, 0.15) is 16.5 Å². The van der Waals surface area contributed by atoms with Crippen LogP contribution >= 0.6 is 11.6 Å². The van der Waals surface area contributed by atoms with E-state index >= 15 is 0 Å². The first kappa shape index (κ1) is 17.5. The molecule has 0 unspecified atom stereocenters. The number of nitrogens with zero attached hydrogens (tertiary/aromatic N) is 2. The van der Waals surface area contributed by atoms with Gasteiger partial charge in [-0.2, -0.15) is 0 Å². The predicted molar refractivity (Wildman–Crippen MR) is 90.8 cm³/mol. The van der Waals surface area contributed by atoms with Crippen molar-refractivity contribution in [2.45, 2.75) is 45.1 Å². The SMILES string of the molecule is CCOC(=O)C(C=NC1CCCCC1)=C(O)c1cccnc1Cl. The zero-order valence-corrected chi connectivity index (χ0v) is 13.9. The van der Waals surface area contributed by atoms with Gasteiger partial charge in [0, 0.05) is 18.5 Å². The summed E-state index contributed by atoms with van der Waals surface area (Å²) in [6.07, 6.45) is 8.43. The average molecular weight is 337 g/mol. The maximum atomic E-state index is 12.1. The van der Waals surface area contributed by atoms with E-state index in [4.69, 9.17) is 16.3 Å². The molecule has 23 heavy (non-hydrogen) atoms. The van der Waals surface area contributed by atoms with Crippen molar-refractivity contribution in [1.82, 2.24) is 4.98 Å². The summed E-state index contributed by atoms with van der Waals surface area (Å²) < 4.78 is 5.01. The molecule has 0 spiro atoms. The first-order valence-corrected chi connectivity index (χ1v) is 8.25. The number of rotatable bonds is 5. The molecule has 1 heterocycles. The molecule has 1 aliphatic carbocycles. The van der Waals surface area contributed by atoms with Gasteiger partial charge >= 0.3 is 5.97 Å². The van der Waals surface area contributed by atoms with Gasteiger partial charge in [-0.25, -0.2) is 9.78 Å². The van der Waals surface area contributed by atoms with Crippen molar-refractivity contribution in [1.29, 1.82) is 0 Å². The number of hydrogen-bond donors (Lipinski definition) is 1. The number of esters is 1. The van der Waals surface area contributed by atoms with Gasteiger partial charge in [-0.1, -0.05) is 30.9 Å². The minimum absolute atomic E-state index is 0.00678. The normalized spacial score (nSPS) is 17.1. The molecular formula is C17H21ClN2O3. The number of hydrogen-bond acceptors (Lipinski definition) is 5. The molecule has 2 rings (SSSR count). The number of pyridine rings is 1. The van der Waals surface area contributed by atoms with Crippen molar-refractivity contribution in [3.8, 4) is 0 Å². The molecule has 0 amide bonds. The van der Waals surface area contributed by atoms with Crippen molar-refractivity contribution in [3.63, 3.8) is 0 Å². The van der Waals surface area contributed by atoms with E-state index in [0.29, 0.717) is 0 Å². The molecule has 1 N–H and O–H groups in total. The molecule has 0 atom stereocenters. The van der Waals surface area contributed by atoms with E-state index in [9.17, 15) is 9.90 Å². The second-order valence-electron chi connectivity index (χ2n) is 5.39. The molecule has 1 fully saturated rings. The number of aliphatic hydroxyl groups excluding tert-OH is 1. The van der Waals surface area contributed by atoms with E-state index in [0.717, 1.165) is 25.7 Å². The monoisotopic (exact) mass is 336 g/mol. The molecule has 0 aliphatic heterocycles. The molecule has 0 radical (unpaired) electrons. The molecule has 0 saturated heterocycles. The number of aliphatic hydroxyl groups is 1. The van der Waals surface area contributed by atoms with Crippen LogP contribution in [0.15, 0.2) is 28.9 Å². The van der Waals surface area contributed by atoms with Gasteiger partial charge in [-0.05, 0) is 31.9 Å². The van der Waals surface area contributed by atoms with Crippen LogP contribution in [0.3, 0.4) is 0 Å². The highest BCUT2D eigenvalue weighted by Gasteiger charge is 2.19. The summed E-state index contributed by atoms with van der Waals surface area (Å²) in [4.78, 5) is 20.5. The first-order chi connectivity index (χ1) is 11.1. The van der Waals surface area contributed by atoms with E-state index in [1.165, 1.54) is 18.8 Å². The molecule has 124 valence electrons. The minimum atomic E-state index is -0.621. The highest BCUT2D eigenvalue weighted by Crippen LogP contribution is 2.24. The van der Waals surface area contributed by atoms with E-state index in [1.807, 2.05) is 0 Å². The van der Waals surface area contributed by atoms with Gasteiger partial charge in [-0.3, -0.25) is 4.99 Å².